The summed E-state index contributed by atoms with van der Waals surface area (Å²) in [6, 6.07) is 12.8. The number of amides is 1. The van der Waals surface area contributed by atoms with Gasteiger partial charge in [0.1, 0.15) is 12.3 Å². The van der Waals surface area contributed by atoms with Crippen molar-refractivity contribution in [2.24, 2.45) is 0 Å². The lowest BCUT2D eigenvalue weighted by atomic mass is 10.2. The number of anilines is 1. The van der Waals surface area contributed by atoms with E-state index in [1.807, 2.05) is 31.2 Å². The summed E-state index contributed by atoms with van der Waals surface area (Å²) in [6.45, 7) is 2.02. The predicted octanol–water partition coefficient (Wildman–Crippen LogP) is 2.19. The maximum Gasteiger partial charge on any atom is 0.320 e. The van der Waals surface area contributed by atoms with Gasteiger partial charge in [-0.2, -0.15) is 4.72 Å². The van der Waals surface area contributed by atoms with Crippen molar-refractivity contribution in [3.8, 4) is 5.75 Å². The molecule has 0 radical (unpaired) electrons. The predicted molar refractivity (Wildman–Crippen MR) is 109 cm³/mol. The Morgan fingerprint density at radius 3 is 2.28 bits per heavy atom. The van der Waals surface area contributed by atoms with Crippen LogP contribution in [0.3, 0.4) is 0 Å². The lowest BCUT2D eigenvalue weighted by Crippen LogP contribution is -2.30. The Hall–Kier alpha value is -3.17. The molecule has 0 spiro atoms. The van der Waals surface area contributed by atoms with E-state index in [9.17, 15) is 18.0 Å². The molecule has 0 aliphatic heterocycles. The van der Waals surface area contributed by atoms with Gasteiger partial charge in [0.05, 0.1) is 18.6 Å². The van der Waals surface area contributed by atoms with E-state index in [2.05, 4.69) is 14.8 Å². The van der Waals surface area contributed by atoms with Gasteiger partial charge < -0.3 is 14.8 Å². The van der Waals surface area contributed by atoms with Crippen LogP contribution in [-0.2, 0) is 24.3 Å². The normalized spacial score (nSPS) is 11.2. The molecule has 0 heterocycles. The van der Waals surface area contributed by atoms with Crippen molar-refractivity contribution in [1.82, 2.24) is 4.72 Å². The van der Waals surface area contributed by atoms with Gasteiger partial charge in [0.2, 0.25) is 15.9 Å². The minimum absolute atomic E-state index is 0.0377. The van der Waals surface area contributed by atoms with Gasteiger partial charge in [-0.05, 0) is 55.0 Å². The van der Waals surface area contributed by atoms with E-state index >= 15 is 0 Å². The zero-order chi connectivity index (χ0) is 21.3. The first-order valence-corrected chi connectivity index (χ1v) is 10.2. The third-order valence-corrected chi connectivity index (χ3v) is 5.10. The molecule has 8 nitrogen and oxygen atoms in total. The number of carbonyl (C=O) groups is 2. The maximum atomic E-state index is 12.1. The summed E-state index contributed by atoms with van der Waals surface area (Å²) in [5.41, 5.74) is 1.26. The van der Waals surface area contributed by atoms with Crippen molar-refractivity contribution in [2.45, 2.75) is 11.8 Å². The number of hydrogen-bond donors (Lipinski definition) is 2. The maximum absolute atomic E-state index is 12.1. The number of sulfonamides is 1. The summed E-state index contributed by atoms with van der Waals surface area (Å²) in [5.74, 6) is -0.305. The van der Waals surface area contributed by atoms with Crippen molar-refractivity contribution in [2.75, 3.05) is 25.6 Å². The minimum atomic E-state index is -3.85. The van der Waals surface area contributed by atoms with Gasteiger partial charge in [0, 0.05) is 11.8 Å². The molecule has 2 N–H and O–H groups in total. The lowest BCUT2D eigenvalue weighted by Gasteiger charge is -2.07. The van der Waals surface area contributed by atoms with Gasteiger partial charge in [-0.25, -0.2) is 8.42 Å². The van der Waals surface area contributed by atoms with Gasteiger partial charge in [0.15, 0.2) is 0 Å². The van der Waals surface area contributed by atoms with Gasteiger partial charge in [-0.3, -0.25) is 9.59 Å². The van der Waals surface area contributed by atoms with E-state index in [0.717, 1.165) is 11.3 Å². The zero-order valence-corrected chi connectivity index (χ0v) is 16.9. The Morgan fingerprint density at radius 2 is 1.69 bits per heavy atom. The summed E-state index contributed by atoms with van der Waals surface area (Å²) in [5, 5.41) is 2.64. The average molecular weight is 418 g/mol. The first-order chi connectivity index (χ1) is 13.8. The Morgan fingerprint density at radius 1 is 1.03 bits per heavy atom. The third kappa shape index (κ3) is 7.05. The second kappa shape index (κ2) is 10.4. The minimum Gasteiger partial charge on any atom is -0.494 e. The molecule has 29 heavy (non-hydrogen) atoms. The summed E-state index contributed by atoms with van der Waals surface area (Å²) in [4.78, 5) is 23.1. The van der Waals surface area contributed by atoms with Crippen LogP contribution >= 0.6 is 0 Å². The molecule has 9 heteroatoms. The number of rotatable bonds is 9. The van der Waals surface area contributed by atoms with Gasteiger partial charge >= 0.3 is 5.97 Å². The van der Waals surface area contributed by atoms with E-state index in [-0.39, 0.29) is 10.8 Å². The smallest absolute Gasteiger partial charge is 0.320 e. The Labute approximate surface area is 169 Å². The highest BCUT2D eigenvalue weighted by Gasteiger charge is 2.15. The van der Waals surface area contributed by atoms with Gasteiger partial charge in [-0.15, -0.1) is 0 Å². The van der Waals surface area contributed by atoms with Crippen LogP contribution in [0, 0.1) is 0 Å². The molecule has 2 rings (SSSR count). The van der Waals surface area contributed by atoms with Gasteiger partial charge in [0.25, 0.3) is 0 Å². The van der Waals surface area contributed by atoms with Crippen LogP contribution in [0.4, 0.5) is 5.69 Å². The molecule has 2 aromatic carbocycles. The first-order valence-electron chi connectivity index (χ1n) is 8.72. The number of ether oxygens (including phenoxy) is 2. The highest BCUT2D eigenvalue weighted by Crippen LogP contribution is 2.15. The monoisotopic (exact) mass is 418 g/mol. The first kappa shape index (κ1) is 22.1. The van der Waals surface area contributed by atoms with E-state index in [4.69, 9.17) is 4.74 Å². The van der Waals surface area contributed by atoms with E-state index < -0.39 is 22.5 Å². The van der Waals surface area contributed by atoms with Crippen LogP contribution in [-0.4, -0.2) is 40.6 Å². The Bertz CT molecular complexity index is 967. The molecule has 0 unspecified atom stereocenters. The van der Waals surface area contributed by atoms with Crippen LogP contribution in [0.5, 0.6) is 5.75 Å². The second-order valence-electron chi connectivity index (χ2n) is 5.75. The quantitative estimate of drug-likeness (QED) is 0.477. The van der Waals surface area contributed by atoms with Crippen molar-refractivity contribution < 1.29 is 27.5 Å². The number of hydrogen-bond acceptors (Lipinski definition) is 6. The Balaban J connectivity index is 1.94. The standard InChI is InChI=1S/C20H22N2O6S/c1-3-28-17-9-4-15(5-10-17)6-13-19(23)22-16-7-11-18(12-8-16)29(25,26)21-14-20(24)27-2/h4-13,21H,3,14H2,1-2H3,(H,22,23)/b13-6+. The summed E-state index contributed by atoms with van der Waals surface area (Å²) in [7, 11) is -2.69. The third-order valence-electron chi connectivity index (χ3n) is 3.68. The lowest BCUT2D eigenvalue weighted by molar-refractivity contribution is -0.139. The molecule has 0 saturated heterocycles. The molecule has 0 saturated carbocycles. The fourth-order valence-corrected chi connectivity index (χ4v) is 3.19. The fourth-order valence-electron chi connectivity index (χ4n) is 2.22. The summed E-state index contributed by atoms with van der Waals surface area (Å²) < 4.78 is 36.0. The second-order valence-corrected chi connectivity index (χ2v) is 7.52. The Kier molecular flexibility index (Phi) is 7.93. The van der Waals surface area contributed by atoms with E-state index in [1.54, 1.807) is 6.08 Å². The van der Waals surface area contributed by atoms with Crippen LogP contribution in [0.2, 0.25) is 0 Å². The summed E-state index contributed by atoms with van der Waals surface area (Å²) >= 11 is 0. The molecule has 0 aromatic heterocycles. The molecule has 0 aliphatic rings. The number of carbonyl (C=O) groups excluding carboxylic acids is 2. The highest BCUT2D eigenvalue weighted by atomic mass is 32.2. The van der Waals surface area contributed by atoms with Crippen LogP contribution < -0.4 is 14.8 Å². The molecular weight excluding hydrogens is 396 g/mol. The van der Waals surface area contributed by atoms with E-state index in [0.29, 0.717) is 12.3 Å². The molecule has 0 fully saturated rings. The molecule has 154 valence electrons. The van der Waals surface area contributed by atoms with Crippen molar-refractivity contribution in [3.05, 3.63) is 60.2 Å². The largest absolute Gasteiger partial charge is 0.494 e. The van der Waals surface area contributed by atoms with Crippen LogP contribution in [0.1, 0.15) is 12.5 Å². The van der Waals surface area contributed by atoms with Crippen LogP contribution in [0.15, 0.2) is 59.5 Å². The fraction of sp³-hybridized carbons (Fsp3) is 0.200. The van der Waals surface area contributed by atoms with Crippen LogP contribution in [0.25, 0.3) is 6.08 Å². The number of esters is 1. The molecule has 1 amide bonds. The van der Waals surface area contributed by atoms with E-state index in [1.165, 1.54) is 37.5 Å². The topological polar surface area (TPSA) is 111 Å². The molecule has 0 bridgehead atoms. The molecule has 0 aliphatic carbocycles. The molecular formula is C20H22N2O6S. The highest BCUT2D eigenvalue weighted by molar-refractivity contribution is 7.89. The zero-order valence-electron chi connectivity index (χ0n) is 16.0. The molecule has 2 aromatic rings. The SMILES string of the molecule is CCOc1ccc(/C=C/C(=O)Nc2ccc(S(=O)(=O)NCC(=O)OC)cc2)cc1. The average Bonchev–Trinajstić information content (AvgIpc) is 2.72. The van der Waals surface area contributed by atoms with Crippen molar-refractivity contribution in [3.63, 3.8) is 0 Å². The number of methoxy groups -OCH3 is 1. The number of nitrogens with one attached hydrogen (secondary N) is 2. The number of benzene rings is 2. The van der Waals surface area contributed by atoms with Crippen molar-refractivity contribution >= 4 is 33.7 Å². The summed E-state index contributed by atoms with van der Waals surface area (Å²) in [6.07, 6.45) is 3.03. The van der Waals surface area contributed by atoms with Crippen molar-refractivity contribution in [1.29, 1.82) is 0 Å². The van der Waals surface area contributed by atoms with Gasteiger partial charge in [-0.1, -0.05) is 12.1 Å². The molecule has 0 atom stereocenters.